The Morgan fingerprint density at radius 3 is 2.45 bits per heavy atom. The largest absolute Gasteiger partial charge is 0.335 e. The minimum atomic E-state index is -4.21. The molecular formula is C22H18F2N4O3S2. The van der Waals surface area contributed by atoms with E-state index in [1.54, 1.807) is 25.1 Å². The number of hydrogen-bond donors (Lipinski definition) is 1. The lowest BCUT2D eigenvalue weighted by Gasteiger charge is -2.26. The molecule has 0 aliphatic heterocycles. The Morgan fingerprint density at radius 1 is 1.03 bits per heavy atom. The Morgan fingerprint density at radius 2 is 1.73 bits per heavy atom. The summed E-state index contributed by atoms with van der Waals surface area (Å²) < 4.78 is 63.9. The van der Waals surface area contributed by atoms with E-state index in [0.29, 0.717) is 11.1 Å². The van der Waals surface area contributed by atoms with E-state index in [1.807, 2.05) is 0 Å². The van der Waals surface area contributed by atoms with Gasteiger partial charge in [0, 0.05) is 7.05 Å². The van der Waals surface area contributed by atoms with Crippen molar-refractivity contribution in [1.82, 2.24) is 13.6 Å². The van der Waals surface area contributed by atoms with Gasteiger partial charge >= 0.3 is 0 Å². The number of fused-ring (bicyclic) bond motifs is 1. The number of aromatic nitrogens is 2. The van der Waals surface area contributed by atoms with E-state index in [-0.39, 0.29) is 21.7 Å². The number of amides is 1. The monoisotopic (exact) mass is 488 g/mol. The third kappa shape index (κ3) is 4.55. The van der Waals surface area contributed by atoms with Gasteiger partial charge in [-0.25, -0.2) is 17.2 Å². The summed E-state index contributed by atoms with van der Waals surface area (Å²) in [4.78, 5) is 14.5. The highest BCUT2D eigenvalue weighted by atomic mass is 32.2. The van der Waals surface area contributed by atoms with Crippen molar-refractivity contribution in [3.63, 3.8) is 0 Å². The normalized spacial score (nSPS) is 12.5. The highest BCUT2D eigenvalue weighted by Crippen LogP contribution is 2.28. The van der Waals surface area contributed by atoms with E-state index in [9.17, 15) is 22.0 Å². The highest BCUT2D eigenvalue weighted by Gasteiger charge is 2.26. The molecule has 0 saturated carbocycles. The van der Waals surface area contributed by atoms with Crippen molar-refractivity contribution in [2.24, 2.45) is 0 Å². The van der Waals surface area contributed by atoms with Crippen LogP contribution in [0, 0.1) is 11.6 Å². The Labute approximate surface area is 193 Å². The number of nitrogens with zero attached hydrogens (tertiary/aromatic N) is 3. The fourth-order valence-electron chi connectivity index (χ4n) is 3.32. The first-order valence-electron chi connectivity index (χ1n) is 9.73. The number of hydrogen-bond acceptors (Lipinski definition) is 6. The minimum absolute atomic E-state index is 0.0417. The number of benzene rings is 3. The third-order valence-corrected chi connectivity index (χ3v) is 7.19. The summed E-state index contributed by atoms with van der Waals surface area (Å²) in [5, 5.41) is 0. The van der Waals surface area contributed by atoms with Crippen LogP contribution in [0.5, 0.6) is 0 Å². The summed E-state index contributed by atoms with van der Waals surface area (Å²) in [5.41, 5.74) is 1.02. The van der Waals surface area contributed by atoms with Crippen LogP contribution in [0.3, 0.4) is 0 Å². The van der Waals surface area contributed by atoms with Gasteiger partial charge < -0.3 is 4.90 Å². The molecule has 1 unspecified atom stereocenters. The molecule has 1 amide bonds. The predicted octanol–water partition coefficient (Wildman–Crippen LogP) is 4.60. The molecule has 3 aromatic carbocycles. The number of carbonyl (C=O) groups is 1. The lowest BCUT2D eigenvalue weighted by atomic mass is 10.1. The fraction of sp³-hybridized carbons (Fsp3) is 0.136. The van der Waals surface area contributed by atoms with Gasteiger partial charge in [0.15, 0.2) is 0 Å². The van der Waals surface area contributed by atoms with Gasteiger partial charge in [-0.05, 0) is 55.0 Å². The van der Waals surface area contributed by atoms with Gasteiger partial charge in [-0.15, -0.1) is 0 Å². The smallest absolute Gasteiger partial charge is 0.264 e. The maximum absolute atomic E-state index is 14.0. The lowest BCUT2D eigenvalue weighted by molar-refractivity contribution is 0.0743. The summed E-state index contributed by atoms with van der Waals surface area (Å²) in [6, 6.07) is 13.0. The fourth-order valence-corrected chi connectivity index (χ4v) is 5.15. The molecule has 4 aromatic rings. The molecule has 170 valence electrons. The van der Waals surface area contributed by atoms with E-state index in [0.717, 1.165) is 23.9 Å². The minimum Gasteiger partial charge on any atom is -0.335 e. The van der Waals surface area contributed by atoms with Crippen LogP contribution < -0.4 is 4.72 Å². The molecule has 0 spiro atoms. The highest BCUT2D eigenvalue weighted by molar-refractivity contribution is 7.93. The Balaban J connectivity index is 1.68. The second-order valence-corrected chi connectivity index (χ2v) is 9.51. The second-order valence-electron chi connectivity index (χ2n) is 7.33. The van der Waals surface area contributed by atoms with E-state index < -0.39 is 33.6 Å². The van der Waals surface area contributed by atoms with Crippen LogP contribution in [-0.2, 0) is 10.0 Å². The van der Waals surface area contributed by atoms with Crippen molar-refractivity contribution in [2.75, 3.05) is 11.8 Å². The number of rotatable bonds is 6. The number of sulfonamides is 1. The average molecular weight is 489 g/mol. The summed E-state index contributed by atoms with van der Waals surface area (Å²) in [5.74, 6) is -1.66. The number of halogens is 2. The van der Waals surface area contributed by atoms with E-state index in [4.69, 9.17) is 0 Å². The van der Waals surface area contributed by atoms with Crippen LogP contribution in [0.1, 0.15) is 28.9 Å². The summed E-state index contributed by atoms with van der Waals surface area (Å²) in [6.07, 6.45) is 0. The van der Waals surface area contributed by atoms with Crippen molar-refractivity contribution in [3.05, 3.63) is 83.4 Å². The van der Waals surface area contributed by atoms with Crippen LogP contribution in [0.2, 0.25) is 0 Å². The molecular weight excluding hydrogens is 470 g/mol. The SMILES string of the molecule is CC(c1ccc(F)cc1)N(C)C(=O)c1ccc(F)cc1NS(=O)(=O)c1cccc2nsnc12. The molecule has 0 aliphatic carbocycles. The zero-order valence-electron chi connectivity index (χ0n) is 17.5. The third-order valence-electron chi connectivity index (χ3n) is 5.25. The van der Waals surface area contributed by atoms with Crippen LogP contribution in [0.25, 0.3) is 11.0 Å². The number of nitrogens with one attached hydrogen (secondary N) is 1. The van der Waals surface area contributed by atoms with Crippen molar-refractivity contribution in [1.29, 1.82) is 0 Å². The van der Waals surface area contributed by atoms with Crippen molar-refractivity contribution >= 4 is 44.4 Å². The first-order valence-corrected chi connectivity index (χ1v) is 11.9. The Hall–Kier alpha value is -3.44. The molecule has 4 rings (SSSR count). The lowest BCUT2D eigenvalue weighted by Crippen LogP contribution is -2.30. The van der Waals surface area contributed by atoms with Gasteiger partial charge in [0.1, 0.15) is 27.6 Å². The van der Waals surface area contributed by atoms with E-state index in [2.05, 4.69) is 13.5 Å². The summed E-state index contributed by atoms with van der Waals surface area (Å²) in [6.45, 7) is 1.74. The standard InChI is InChI=1S/C22H18F2N4O3S2/c1-13(14-6-8-15(23)9-7-14)28(2)22(29)17-11-10-16(24)12-19(17)27-33(30,31)20-5-3-4-18-21(20)26-32-25-18/h3-13,27H,1-2H3. The van der Waals surface area contributed by atoms with Crippen LogP contribution >= 0.6 is 11.7 Å². The van der Waals surface area contributed by atoms with Gasteiger partial charge in [0.25, 0.3) is 15.9 Å². The molecule has 0 radical (unpaired) electrons. The quantitative estimate of drug-likeness (QED) is 0.428. The number of anilines is 1. The molecule has 0 fully saturated rings. The molecule has 1 N–H and O–H groups in total. The summed E-state index contributed by atoms with van der Waals surface area (Å²) in [7, 11) is -2.68. The van der Waals surface area contributed by atoms with Gasteiger partial charge in [-0.3, -0.25) is 9.52 Å². The number of carbonyl (C=O) groups excluding carboxylic acids is 1. The Kier molecular flexibility index (Phi) is 6.09. The Bertz CT molecular complexity index is 1440. The molecule has 0 aliphatic rings. The van der Waals surface area contributed by atoms with Crippen molar-refractivity contribution < 1.29 is 22.0 Å². The molecule has 1 heterocycles. The zero-order chi connectivity index (χ0) is 23.8. The average Bonchev–Trinajstić information content (AvgIpc) is 3.27. The molecule has 0 bridgehead atoms. The predicted molar refractivity (Wildman–Crippen MR) is 122 cm³/mol. The molecule has 11 heteroatoms. The van der Waals surface area contributed by atoms with Gasteiger partial charge in [-0.1, -0.05) is 18.2 Å². The van der Waals surface area contributed by atoms with Crippen LogP contribution in [0.15, 0.2) is 65.6 Å². The van der Waals surface area contributed by atoms with Gasteiger partial charge in [0.05, 0.1) is 29.0 Å². The first kappa shape index (κ1) is 22.7. The van der Waals surface area contributed by atoms with Crippen molar-refractivity contribution in [3.8, 4) is 0 Å². The maximum atomic E-state index is 14.0. The molecule has 33 heavy (non-hydrogen) atoms. The molecule has 7 nitrogen and oxygen atoms in total. The van der Waals surface area contributed by atoms with Gasteiger partial charge in [0.2, 0.25) is 0 Å². The van der Waals surface area contributed by atoms with E-state index >= 15 is 0 Å². The second kappa shape index (κ2) is 8.83. The van der Waals surface area contributed by atoms with Crippen LogP contribution in [0.4, 0.5) is 14.5 Å². The van der Waals surface area contributed by atoms with Crippen molar-refractivity contribution in [2.45, 2.75) is 17.9 Å². The molecule has 1 atom stereocenters. The van der Waals surface area contributed by atoms with E-state index in [1.165, 1.54) is 42.3 Å². The topological polar surface area (TPSA) is 92.3 Å². The van der Waals surface area contributed by atoms with Gasteiger partial charge in [-0.2, -0.15) is 8.75 Å². The van der Waals surface area contributed by atoms with Crippen LogP contribution in [-0.4, -0.2) is 35.0 Å². The zero-order valence-corrected chi connectivity index (χ0v) is 19.1. The maximum Gasteiger partial charge on any atom is 0.264 e. The first-order chi connectivity index (χ1) is 15.7. The summed E-state index contributed by atoms with van der Waals surface area (Å²) >= 11 is 0.869. The molecule has 1 aromatic heterocycles. The molecule has 0 saturated heterocycles.